The van der Waals surface area contributed by atoms with Gasteiger partial charge in [-0.25, -0.2) is 4.57 Å². The number of phosphoric ester groups is 1. The maximum absolute atomic E-state index is 13.0. The molecule has 9 N–H and O–H groups in total. The van der Waals surface area contributed by atoms with Crippen LogP contribution in [0, 0.1) is 0 Å². The van der Waals surface area contributed by atoms with Crippen molar-refractivity contribution >= 4 is 13.7 Å². The average Bonchev–Trinajstić information content (AvgIpc) is 3.18. The third-order valence-corrected chi connectivity index (χ3v) is 12.5. The van der Waals surface area contributed by atoms with Gasteiger partial charge in [0.25, 0.3) is 0 Å². The van der Waals surface area contributed by atoms with E-state index in [2.05, 4.69) is 19.2 Å². The third kappa shape index (κ3) is 26.3. The minimum Gasteiger partial charge on any atom is -0.393 e. The van der Waals surface area contributed by atoms with Crippen LogP contribution in [0.4, 0.5) is 0 Å². The minimum atomic E-state index is -5.11. The van der Waals surface area contributed by atoms with Crippen LogP contribution in [0.25, 0.3) is 0 Å². The van der Waals surface area contributed by atoms with Gasteiger partial charge in [0, 0.05) is 0 Å². The van der Waals surface area contributed by atoms with Gasteiger partial charge in [0.2, 0.25) is 5.91 Å². The SMILES string of the molecule is CCCCCCCCCCCCCCCCCC(O)C(COP(=O)(O)OC1C(O)C(O)C(O)C(O)C1O)NC(=O)CC(O)CCCCCCCCCCCCCC. The van der Waals surface area contributed by atoms with E-state index >= 15 is 0 Å². The summed E-state index contributed by atoms with van der Waals surface area (Å²) in [6.07, 6.45) is 18.7. The maximum atomic E-state index is 13.0. The predicted molar refractivity (Wildman–Crippen MR) is 224 cm³/mol. The van der Waals surface area contributed by atoms with Gasteiger partial charge in [-0.1, -0.05) is 187 Å². The fraction of sp³-hybridized carbons (Fsp3) is 0.977. The van der Waals surface area contributed by atoms with Crippen LogP contribution < -0.4 is 5.32 Å². The summed E-state index contributed by atoms with van der Waals surface area (Å²) in [6, 6.07) is -1.15. The average molecular weight is 840 g/mol. The second-order valence-corrected chi connectivity index (χ2v) is 18.2. The lowest BCUT2D eigenvalue weighted by molar-refractivity contribution is -0.220. The summed E-state index contributed by atoms with van der Waals surface area (Å²) in [5.74, 6) is -0.558. The first kappa shape index (κ1) is 54.3. The lowest BCUT2D eigenvalue weighted by Crippen LogP contribution is -2.64. The highest BCUT2D eigenvalue weighted by atomic mass is 31.2. The van der Waals surface area contributed by atoms with Crippen LogP contribution in [0.3, 0.4) is 0 Å². The van der Waals surface area contributed by atoms with Gasteiger partial charge in [0.05, 0.1) is 31.3 Å². The number of carbonyl (C=O) groups is 1. The van der Waals surface area contributed by atoms with Crippen LogP contribution in [-0.2, 0) is 18.4 Å². The molecule has 0 radical (unpaired) electrons. The fourth-order valence-corrected chi connectivity index (χ4v) is 8.62. The molecule has 8 unspecified atom stereocenters. The first-order valence-electron chi connectivity index (χ1n) is 23.1. The molecule has 8 atom stereocenters. The summed E-state index contributed by atoms with van der Waals surface area (Å²) in [5, 5.41) is 74.5. The largest absolute Gasteiger partial charge is 0.472 e. The number of nitrogens with one attached hydrogen (secondary N) is 1. The van der Waals surface area contributed by atoms with Gasteiger partial charge < -0.3 is 46.0 Å². The third-order valence-electron chi connectivity index (χ3n) is 11.5. The Kier molecular flexibility index (Phi) is 32.4. The van der Waals surface area contributed by atoms with Crippen LogP contribution in [0.2, 0.25) is 0 Å². The molecule has 1 amide bonds. The molecule has 0 aliphatic heterocycles. The Hall–Kier alpha value is -0.700. The van der Waals surface area contributed by atoms with Crippen molar-refractivity contribution < 1.29 is 59.0 Å². The van der Waals surface area contributed by atoms with Crippen molar-refractivity contribution in [2.45, 2.75) is 261 Å². The van der Waals surface area contributed by atoms with Crippen molar-refractivity contribution in [3.63, 3.8) is 0 Å². The van der Waals surface area contributed by atoms with E-state index in [0.717, 1.165) is 51.4 Å². The highest BCUT2D eigenvalue weighted by Crippen LogP contribution is 2.47. The second kappa shape index (κ2) is 34.0. The van der Waals surface area contributed by atoms with Crippen LogP contribution in [0.1, 0.15) is 206 Å². The lowest BCUT2D eigenvalue weighted by Gasteiger charge is -2.41. The zero-order chi connectivity index (χ0) is 42.3. The standard InChI is InChI=1S/C43H86NO12P/c1-3-5-7-9-11-13-15-17-18-19-21-23-25-27-29-31-36(46)35(33-55-57(53,54)56-43-41(51)39(49)38(48)40(50)42(43)52)44-37(47)32-34(45)30-28-26-24-22-20-16-14-12-10-8-6-4-2/h34-36,38-43,45-46,48-52H,3-33H2,1-2H3,(H,44,47)(H,53,54). The molecule has 14 heteroatoms. The number of carbonyl (C=O) groups excluding carboxylic acids is 1. The minimum absolute atomic E-state index is 0.216. The summed E-state index contributed by atoms with van der Waals surface area (Å²) in [6.45, 7) is 3.78. The van der Waals surface area contributed by atoms with Crippen molar-refractivity contribution in [1.82, 2.24) is 5.32 Å². The van der Waals surface area contributed by atoms with Crippen molar-refractivity contribution in [3.05, 3.63) is 0 Å². The molecule has 1 aliphatic carbocycles. The molecule has 0 saturated heterocycles. The Morgan fingerprint density at radius 2 is 0.877 bits per heavy atom. The van der Waals surface area contributed by atoms with E-state index in [1.165, 1.54) is 116 Å². The van der Waals surface area contributed by atoms with Crippen LogP contribution in [-0.4, -0.2) is 108 Å². The molecule has 0 aromatic heterocycles. The molecule has 0 bridgehead atoms. The monoisotopic (exact) mass is 840 g/mol. The zero-order valence-corrected chi connectivity index (χ0v) is 36.7. The number of hydrogen-bond donors (Lipinski definition) is 9. The normalized spacial score (nSPS) is 23.9. The Morgan fingerprint density at radius 1 is 0.544 bits per heavy atom. The van der Waals surface area contributed by atoms with Gasteiger partial charge in [0.1, 0.15) is 36.6 Å². The topological polar surface area (TPSA) is 226 Å². The summed E-state index contributed by atoms with van der Waals surface area (Å²) in [4.78, 5) is 23.4. The summed E-state index contributed by atoms with van der Waals surface area (Å²) in [7, 11) is -5.11. The van der Waals surface area contributed by atoms with Gasteiger partial charge in [0.15, 0.2) is 0 Å². The molecule has 1 aliphatic rings. The fourth-order valence-electron chi connectivity index (χ4n) is 7.66. The number of aliphatic hydroxyl groups excluding tert-OH is 7. The van der Waals surface area contributed by atoms with E-state index in [1.807, 2.05) is 0 Å². The van der Waals surface area contributed by atoms with Gasteiger partial charge in [-0.15, -0.1) is 0 Å². The van der Waals surface area contributed by atoms with E-state index < -0.39 is 75.2 Å². The Labute approximate surface area is 345 Å². The van der Waals surface area contributed by atoms with Crippen molar-refractivity contribution in [3.8, 4) is 0 Å². The molecule has 0 aromatic carbocycles. The van der Waals surface area contributed by atoms with E-state index in [4.69, 9.17) is 9.05 Å². The number of unbranched alkanes of at least 4 members (excludes halogenated alkanes) is 25. The van der Waals surface area contributed by atoms with Crippen LogP contribution in [0.5, 0.6) is 0 Å². The number of rotatable bonds is 38. The number of amides is 1. The van der Waals surface area contributed by atoms with E-state index in [1.54, 1.807) is 0 Å². The molecule has 1 saturated carbocycles. The van der Waals surface area contributed by atoms with Crippen molar-refractivity contribution in [2.75, 3.05) is 6.61 Å². The molecule has 340 valence electrons. The van der Waals surface area contributed by atoms with Crippen molar-refractivity contribution in [1.29, 1.82) is 0 Å². The molecule has 0 heterocycles. The molecular weight excluding hydrogens is 753 g/mol. The lowest BCUT2D eigenvalue weighted by atomic mass is 9.85. The molecule has 13 nitrogen and oxygen atoms in total. The first-order valence-corrected chi connectivity index (χ1v) is 24.6. The van der Waals surface area contributed by atoms with Gasteiger partial charge in [-0.2, -0.15) is 0 Å². The van der Waals surface area contributed by atoms with E-state index in [9.17, 15) is 50.0 Å². The first-order chi connectivity index (χ1) is 27.3. The van der Waals surface area contributed by atoms with Crippen LogP contribution in [0.15, 0.2) is 0 Å². The maximum Gasteiger partial charge on any atom is 0.472 e. The molecular formula is C43H86NO12P. The Balaban J connectivity index is 2.53. The predicted octanol–water partition coefficient (Wildman–Crippen LogP) is 7.26. The smallest absolute Gasteiger partial charge is 0.393 e. The highest BCUT2D eigenvalue weighted by Gasteiger charge is 2.51. The van der Waals surface area contributed by atoms with Gasteiger partial charge in [-0.3, -0.25) is 13.8 Å². The molecule has 0 spiro atoms. The van der Waals surface area contributed by atoms with Crippen molar-refractivity contribution in [2.24, 2.45) is 0 Å². The summed E-state index contributed by atoms with van der Waals surface area (Å²) >= 11 is 0. The van der Waals surface area contributed by atoms with Gasteiger partial charge in [-0.05, 0) is 12.8 Å². The quantitative estimate of drug-likeness (QED) is 0.0221. The second-order valence-electron chi connectivity index (χ2n) is 16.8. The number of phosphoric acid groups is 1. The molecule has 0 aromatic rings. The van der Waals surface area contributed by atoms with Gasteiger partial charge >= 0.3 is 7.82 Å². The summed E-state index contributed by atoms with van der Waals surface area (Å²) < 4.78 is 22.9. The van der Waals surface area contributed by atoms with E-state index in [-0.39, 0.29) is 12.8 Å². The highest BCUT2D eigenvalue weighted by molar-refractivity contribution is 7.47. The molecule has 1 rings (SSSR count). The number of hydrogen-bond acceptors (Lipinski definition) is 11. The molecule has 57 heavy (non-hydrogen) atoms. The Bertz CT molecular complexity index is 995. The molecule has 1 fully saturated rings. The Morgan fingerprint density at radius 3 is 1.26 bits per heavy atom. The number of aliphatic hydroxyl groups is 7. The zero-order valence-electron chi connectivity index (χ0n) is 35.8. The summed E-state index contributed by atoms with van der Waals surface area (Å²) in [5.41, 5.74) is 0. The van der Waals surface area contributed by atoms with E-state index in [0.29, 0.717) is 12.8 Å². The van der Waals surface area contributed by atoms with Crippen LogP contribution >= 0.6 is 7.82 Å².